The number of carbonyl (C=O) groups excluding carboxylic acids is 1. The molecule has 1 aliphatic heterocycles. The van der Waals surface area contributed by atoms with Crippen LogP contribution in [0.4, 0.5) is 0 Å². The van der Waals surface area contributed by atoms with E-state index < -0.39 is 0 Å². The highest BCUT2D eigenvalue weighted by Crippen LogP contribution is 2.18. The van der Waals surface area contributed by atoms with Gasteiger partial charge in [0.15, 0.2) is 0 Å². The molecule has 2 N–H and O–H groups in total. The SMILES string of the molecule is CCCc1nc(C(=O)N2CCCCC2CO)n[nH]1. The van der Waals surface area contributed by atoms with Crippen LogP contribution in [0, 0.1) is 0 Å². The number of nitrogens with one attached hydrogen (secondary N) is 1. The Morgan fingerprint density at radius 3 is 3.11 bits per heavy atom. The molecule has 2 heterocycles. The number of amides is 1. The average Bonchev–Trinajstić information content (AvgIpc) is 2.87. The van der Waals surface area contributed by atoms with Crippen molar-refractivity contribution in [3.8, 4) is 0 Å². The van der Waals surface area contributed by atoms with Gasteiger partial charge in [0.25, 0.3) is 5.91 Å². The maximum Gasteiger partial charge on any atom is 0.293 e. The number of piperidine rings is 1. The first-order valence-corrected chi connectivity index (χ1v) is 6.59. The highest BCUT2D eigenvalue weighted by molar-refractivity contribution is 5.90. The van der Waals surface area contributed by atoms with Gasteiger partial charge in [0.1, 0.15) is 5.82 Å². The number of hydrogen-bond acceptors (Lipinski definition) is 4. The minimum atomic E-state index is -0.174. The number of H-pyrrole nitrogens is 1. The molecule has 0 bridgehead atoms. The van der Waals surface area contributed by atoms with Crippen LogP contribution in [0.2, 0.25) is 0 Å². The molecule has 0 saturated carbocycles. The van der Waals surface area contributed by atoms with E-state index in [0.717, 1.165) is 37.9 Å². The van der Waals surface area contributed by atoms with Crippen molar-refractivity contribution >= 4 is 5.91 Å². The Balaban J connectivity index is 2.08. The summed E-state index contributed by atoms with van der Waals surface area (Å²) in [4.78, 5) is 18.2. The summed E-state index contributed by atoms with van der Waals surface area (Å²) in [6.07, 6.45) is 4.66. The Kier molecular flexibility index (Phi) is 4.30. The highest BCUT2D eigenvalue weighted by atomic mass is 16.3. The molecular weight excluding hydrogens is 232 g/mol. The molecule has 1 atom stereocenters. The van der Waals surface area contributed by atoms with E-state index >= 15 is 0 Å². The van der Waals surface area contributed by atoms with Gasteiger partial charge in [-0.05, 0) is 25.7 Å². The fourth-order valence-corrected chi connectivity index (χ4v) is 2.33. The predicted molar refractivity (Wildman–Crippen MR) is 66.1 cm³/mol. The first-order chi connectivity index (χ1) is 8.76. The monoisotopic (exact) mass is 252 g/mol. The molecule has 0 aromatic carbocycles. The minimum absolute atomic E-state index is 0.0119. The largest absolute Gasteiger partial charge is 0.394 e. The third-order valence-electron chi connectivity index (χ3n) is 3.31. The first kappa shape index (κ1) is 13.0. The van der Waals surface area contributed by atoms with Crippen LogP contribution < -0.4 is 0 Å². The summed E-state index contributed by atoms with van der Waals surface area (Å²) in [5, 5.41) is 16.1. The Hall–Kier alpha value is -1.43. The zero-order valence-corrected chi connectivity index (χ0v) is 10.7. The summed E-state index contributed by atoms with van der Waals surface area (Å²) in [5.74, 6) is 0.796. The van der Waals surface area contributed by atoms with Gasteiger partial charge >= 0.3 is 0 Å². The molecule has 1 aromatic heterocycles. The van der Waals surface area contributed by atoms with E-state index in [1.54, 1.807) is 4.90 Å². The van der Waals surface area contributed by atoms with Gasteiger partial charge in [0.2, 0.25) is 5.82 Å². The van der Waals surface area contributed by atoms with Gasteiger partial charge < -0.3 is 10.0 Å². The summed E-state index contributed by atoms with van der Waals surface area (Å²) in [5.41, 5.74) is 0. The van der Waals surface area contributed by atoms with Crippen molar-refractivity contribution in [3.63, 3.8) is 0 Å². The predicted octanol–water partition coefficient (Wildman–Crippen LogP) is 0.744. The van der Waals surface area contributed by atoms with Crippen molar-refractivity contribution < 1.29 is 9.90 Å². The summed E-state index contributed by atoms with van der Waals surface area (Å²) >= 11 is 0. The van der Waals surface area contributed by atoms with Crippen LogP contribution in [0.5, 0.6) is 0 Å². The van der Waals surface area contributed by atoms with Gasteiger partial charge in [-0.1, -0.05) is 6.92 Å². The molecule has 0 spiro atoms. The molecule has 0 radical (unpaired) electrons. The van der Waals surface area contributed by atoms with Crippen molar-refractivity contribution in [3.05, 3.63) is 11.6 Å². The van der Waals surface area contributed by atoms with Gasteiger partial charge in [-0.2, -0.15) is 0 Å². The fraction of sp³-hybridized carbons (Fsp3) is 0.750. The van der Waals surface area contributed by atoms with E-state index in [-0.39, 0.29) is 24.4 Å². The van der Waals surface area contributed by atoms with Gasteiger partial charge in [-0.3, -0.25) is 9.89 Å². The maximum absolute atomic E-state index is 12.3. The van der Waals surface area contributed by atoms with Crippen LogP contribution in [0.25, 0.3) is 0 Å². The zero-order chi connectivity index (χ0) is 13.0. The molecule has 6 heteroatoms. The van der Waals surface area contributed by atoms with Crippen molar-refractivity contribution in [2.45, 2.75) is 45.1 Å². The number of nitrogens with zero attached hydrogens (tertiary/aromatic N) is 3. The molecule has 1 unspecified atom stereocenters. The quantitative estimate of drug-likeness (QED) is 0.828. The second kappa shape index (κ2) is 5.95. The Bertz CT molecular complexity index is 405. The van der Waals surface area contributed by atoms with Gasteiger partial charge in [0, 0.05) is 13.0 Å². The number of aliphatic hydroxyl groups excluding tert-OH is 1. The number of aromatic amines is 1. The summed E-state index contributed by atoms with van der Waals surface area (Å²) in [6, 6.07) is -0.0839. The van der Waals surface area contributed by atoms with Gasteiger partial charge in [0.05, 0.1) is 12.6 Å². The third-order valence-corrected chi connectivity index (χ3v) is 3.31. The Labute approximate surface area is 106 Å². The second-order valence-electron chi connectivity index (χ2n) is 4.69. The molecule has 100 valence electrons. The minimum Gasteiger partial charge on any atom is -0.394 e. The lowest BCUT2D eigenvalue weighted by Crippen LogP contribution is -2.46. The number of aromatic nitrogens is 3. The van der Waals surface area contributed by atoms with Crippen LogP contribution >= 0.6 is 0 Å². The molecule has 6 nitrogen and oxygen atoms in total. The summed E-state index contributed by atoms with van der Waals surface area (Å²) in [7, 11) is 0. The highest BCUT2D eigenvalue weighted by Gasteiger charge is 2.29. The van der Waals surface area contributed by atoms with Crippen LogP contribution in [0.1, 0.15) is 49.1 Å². The van der Waals surface area contributed by atoms with Crippen molar-refractivity contribution in [1.82, 2.24) is 20.1 Å². The van der Waals surface area contributed by atoms with E-state index in [2.05, 4.69) is 22.1 Å². The molecule has 18 heavy (non-hydrogen) atoms. The second-order valence-corrected chi connectivity index (χ2v) is 4.69. The molecule has 1 aromatic rings. The molecule has 0 aliphatic carbocycles. The summed E-state index contributed by atoms with van der Waals surface area (Å²) in [6.45, 7) is 2.75. The van der Waals surface area contributed by atoms with Crippen LogP contribution in [0.15, 0.2) is 0 Å². The van der Waals surface area contributed by atoms with Crippen LogP contribution in [-0.4, -0.2) is 50.3 Å². The number of carbonyl (C=O) groups is 1. The zero-order valence-electron chi connectivity index (χ0n) is 10.7. The molecule has 1 aliphatic rings. The number of hydrogen-bond donors (Lipinski definition) is 2. The number of aliphatic hydroxyl groups is 1. The number of likely N-dealkylation sites (tertiary alicyclic amines) is 1. The van der Waals surface area contributed by atoms with E-state index in [4.69, 9.17) is 0 Å². The third kappa shape index (κ3) is 2.69. The lowest BCUT2D eigenvalue weighted by atomic mass is 10.0. The van der Waals surface area contributed by atoms with Crippen LogP contribution in [-0.2, 0) is 6.42 Å². The topological polar surface area (TPSA) is 82.1 Å². The van der Waals surface area contributed by atoms with E-state index in [1.807, 2.05) is 0 Å². The van der Waals surface area contributed by atoms with Crippen LogP contribution in [0.3, 0.4) is 0 Å². The van der Waals surface area contributed by atoms with E-state index in [0.29, 0.717) is 6.54 Å². The number of rotatable bonds is 4. The molecule has 1 fully saturated rings. The average molecular weight is 252 g/mol. The van der Waals surface area contributed by atoms with Crippen molar-refractivity contribution in [2.75, 3.05) is 13.2 Å². The lowest BCUT2D eigenvalue weighted by Gasteiger charge is -2.33. The first-order valence-electron chi connectivity index (χ1n) is 6.59. The van der Waals surface area contributed by atoms with Crippen molar-refractivity contribution in [2.24, 2.45) is 0 Å². The van der Waals surface area contributed by atoms with E-state index in [9.17, 15) is 9.90 Å². The number of aryl methyl sites for hydroxylation is 1. The maximum atomic E-state index is 12.3. The van der Waals surface area contributed by atoms with Gasteiger partial charge in [-0.25, -0.2) is 4.98 Å². The molecule has 2 rings (SSSR count). The Morgan fingerprint density at radius 1 is 1.56 bits per heavy atom. The van der Waals surface area contributed by atoms with Gasteiger partial charge in [-0.15, -0.1) is 5.10 Å². The lowest BCUT2D eigenvalue weighted by molar-refractivity contribution is 0.0491. The van der Waals surface area contributed by atoms with Crippen molar-refractivity contribution in [1.29, 1.82) is 0 Å². The van der Waals surface area contributed by atoms with E-state index in [1.165, 1.54) is 0 Å². The standard InChI is InChI=1S/C12H20N4O2/c1-2-5-10-13-11(15-14-10)12(18)16-7-4-3-6-9(16)8-17/h9,17H,2-8H2,1H3,(H,13,14,15). The Morgan fingerprint density at radius 2 is 2.39 bits per heavy atom. The summed E-state index contributed by atoms with van der Waals surface area (Å²) < 4.78 is 0. The smallest absolute Gasteiger partial charge is 0.293 e. The molecular formula is C12H20N4O2. The molecule has 1 amide bonds. The molecule has 1 saturated heterocycles. The normalized spacial score (nSPS) is 20.1. The fourth-order valence-electron chi connectivity index (χ4n) is 2.33.